The number of anilines is 2. The van der Waals surface area contributed by atoms with Crippen molar-refractivity contribution < 1.29 is 23.1 Å². The van der Waals surface area contributed by atoms with Crippen LogP contribution in [-0.4, -0.2) is 15.2 Å². The lowest BCUT2D eigenvalue weighted by molar-refractivity contribution is -0.137. The van der Waals surface area contributed by atoms with Gasteiger partial charge in [0.05, 0.1) is 28.9 Å². The maximum atomic E-state index is 13.4. The fourth-order valence-electron chi connectivity index (χ4n) is 4.17. The van der Waals surface area contributed by atoms with Gasteiger partial charge in [-0.05, 0) is 77.2 Å². The molecule has 7 nitrogen and oxygen atoms in total. The third-order valence-corrected chi connectivity index (χ3v) is 7.85. The Morgan fingerprint density at radius 2 is 1.74 bits per heavy atom. The number of ether oxygens (including phenoxy) is 1. The van der Waals surface area contributed by atoms with Gasteiger partial charge in [-0.2, -0.15) is 22.9 Å². The van der Waals surface area contributed by atoms with Crippen LogP contribution in [0.15, 0.2) is 90.6 Å². The van der Waals surface area contributed by atoms with Crippen molar-refractivity contribution in [3.05, 3.63) is 107 Å². The van der Waals surface area contributed by atoms with E-state index < -0.39 is 11.7 Å². The molecule has 3 aromatic carbocycles. The maximum Gasteiger partial charge on any atom is 0.416 e. The summed E-state index contributed by atoms with van der Waals surface area (Å²) in [5.74, 6) is 0.767. The molecule has 218 valence electrons. The van der Waals surface area contributed by atoms with E-state index in [-0.39, 0.29) is 17.2 Å². The van der Waals surface area contributed by atoms with Gasteiger partial charge in [-0.15, -0.1) is 11.3 Å². The zero-order valence-electron chi connectivity index (χ0n) is 22.8. The predicted octanol–water partition coefficient (Wildman–Crippen LogP) is 9.55. The molecule has 43 heavy (non-hydrogen) atoms. The molecule has 0 bridgehead atoms. The summed E-state index contributed by atoms with van der Waals surface area (Å²) >= 11 is 2.25. The van der Waals surface area contributed by atoms with E-state index in [1.54, 1.807) is 60.2 Å². The Kier molecular flexibility index (Phi) is 8.86. The Labute approximate surface area is 254 Å². The molecule has 5 rings (SSSR count). The first kappa shape index (κ1) is 29.9. The van der Waals surface area contributed by atoms with Crippen molar-refractivity contribution in [2.45, 2.75) is 25.9 Å². The number of nitrogens with one attached hydrogen (secondary N) is 1. The van der Waals surface area contributed by atoms with Crippen molar-refractivity contribution in [3.8, 4) is 39.8 Å². The second-order valence-electron chi connectivity index (χ2n) is 9.61. The highest BCUT2D eigenvalue weighted by Gasteiger charge is 2.30. The monoisotopic (exact) mass is 619 g/mol. The van der Waals surface area contributed by atoms with E-state index in [0.717, 1.165) is 40.0 Å². The molecule has 0 radical (unpaired) electrons. The normalized spacial score (nSPS) is 11.3. The summed E-state index contributed by atoms with van der Waals surface area (Å²) in [6.07, 6.45) is -1.17. The number of alkyl halides is 3. The SMILES string of the molecule is CC(C)c1cc(-c2cc(-c3cccc(C(F)(F)F)c3)ccc2Oc2ccc(N(O)SNc3nccs3)cc2C#N)ccn1. The lowest BCUT2D eigenvalue weighted by Crippen LogP contribution is -2.11. The van der Waals surface area contributed by atoms with Crippen LogP contribution < -0.4 is 13.9 Å². The molecule has 0 saturated carbocycles. The van der Waals surface area contributed by atoms with Crippen LogP contribution in [0.5, 0.6) is 11.5 Å². The minimum absolute atomic E-state index is 0.137. The van der Waals surface area contributed by atoms with E-state index in [1.807, 2.05) is 19.9 Å². The van der Waals surface area contributed by atoms with Gasteiger partial charge in [0, 0.05) is 29.0 Å². The second-order valence-corrected chi connectivity index (χ2v) is 11.2. The highest BCUT2D eigenvalue weighted by Crippen LogP contribution is 2.40. The van der Waals surface area contributed by atoms with E-state index in [9.17, 15) is 23.6 Å². The van der Waals surface area contributed by atoms with Crippen LogP contribution in [0.1, 0.15) is 36.6 Å². The first-order chi connectivity index (χ1) is 20.6. The fourth-order valence-corrected chi connectivity index (χ4v) is 5.28. The highest BCUT2D eigenvalue weighted by molar-refractivity contribution is 8.01. The lowest BCUT2D eigenvalue weighted by Gasteiger charge is -2.18. The largest absolute Gasteiger partial charge is 0.455 e. The average Bonchev–Trinajstić information content (AvgIpc) is 3.54. The smallest absolute Gasteiger partial charge is 0.416 e. The minimum Gasteiger partial charge on any atom is -0.455 e. The summed E-state index contributed by atoms with van der Waals surface area (Å²) in [7, 11) is 0. The summed E-state index contributed by atoms with van der Waals surface area (Å²) < 4.78 is 50.3. The van der Waals surface area contributed by atoms with E-state index in [4.69, 9.17) is 4.74 Å². The molecule has 0 fully saturated rings. The standard InChI is InChI=1S/C31H24F3N5O2S2/c1-19(2)27-17-22(10-11-36-27)26-16-21(20-4-3-5-24(14-20)31(32,33)34)6-8-29(26)41-28-9-7-25(15-23(28)18-35)39(40)43-38-30-37-12-13-42-30/h3-17,19,40H,1-2H3,(H,37,38). The third-order valence-electron chi connectivity index (χ3n) is 6.36. The zero-order chi connectivity index (χ0) is 30.6. The number of rotatable bonds is 9. The number of nitrogens with zero attached hydrogens (tertiary/aromatic N) is 4. The average molecular weight is 620 g/mol. The number of hydrogen-bond acceptors (Lipinski definition) is 9. The van der Waals surface area contributed by atoms with Gasteiger partial charge in [0.2, 0.25) is 0 Å². The lowest BCUT2D eigenvalue weighted by atomic mass is 9.96. The number of aromatic nitrogens is 2. The molecule has 0 aliphatic rings. The van der Waals surface area contributed by atoms with Crippen LogP contribution in [0.25, 0.3) is 22.3 Å². The number of halogens is 3. The Balaban J connectivity index is 1.51. The van der Waals surface area contributed by atoms with Crippen LogP contribution in [0.4, 0.5) is 24.0 Å². The van der Waals surface area contributed by atoms with Crippen molar-refractivity contribution >= 4 is 34.3 Å². The van der Waals surface area contributed by atoms with Gasteiger partial charge in [-0.1, -0.05) is 32.0 Å². The first-order valence-electron chi connectivity index (χ1n) is 12.9. The van der Waals surface area contributed by atoms with E-state index >= 15 is 0 Å². The molecule has 0 saturated heterocycles. The molecule has 2 heterocycles. The highest BCUT2D eigenvalue weighted by atomic mass is 32.2. The molecule has 2 aromatic heterocycles. The van der Waals surface area contributed by atoms with Crippen LogP contribution in [0.2, 0.25) is 0 Å². The predicted molar refractivity (Wildman–Crippen MR) is 163 cm³/mol. The molecule has 0 atom stereocenters. The molecule has 0 spiro atoms. The summed E-state index contributed by atoms with van der Waals surface area (Å²) in [5.41, 5.74) is 2.91. The van der Waals surface area contributed by atoms with Crippen molar-refractivity contribution in [2.24, 2.45) is 0 Å². The first-order valence-corrected chi connectivity index (χ1v) is 14.6. The zero-order valence-corrected chi connectivity index (χ0v) is 24.5. The van der Waals surface area contributed by atoms with Crippen LogP contribution in [0, 0.1) is 11.3 Å². The van der Waals surface area contributed by atoms with Crippen LogP contribution in [-0.2, 0) is 6.18 Å². The van der Waals surface area contributed by atoms with E-state index in [1.165, 1.54) is 23.5 Å². The number of nitriles is 1. The quantitative estimate of drug-likeness (QED) is 0.124. The van der Waals surface area contributed by atoms with Gasteiger partial charge in [0.15, 0.2) is 5.13 Å². The van der Waals surface area contributed by atoms with Crippen molar-refractivity contribution in [2.75, 3.05) is 9.19 Å². The van der Waals surface area contributed by atoms with Crippen LogP contribution in [0.3, 0.4) is 0 Å². The number of thiazole rings is 1. The molecule has 0 amide bonds. The summed E-state index contributed by atoms with van der Waals surface area (Å²) in [5, 5.41) is 22.8. The molecule has 0 aliphatic heterocycles. The Bertz CT molecular complexity index is 1770. The number of hydrogen-bond donors (Lipinski definition) is 2. The molecular weight excluding hydrogens is 596 g/mol. The van der Waals surface area contributed by atoms with Crippen LogP contribution >= 0.6 is 23.5 Å². The maximum absolute atomic E-state index is 13.4. The van der Waals surface area contributed by atoms with Gasteiger partial charge in [-0.3, -0.25) is 14.9 Å². The number of benzene rings is 3. The molecular formula is C31H24F3N5O2S2. The molecule has 0 unspecified atom stereocenters. The summed E-state index contributed by atoms with van der Waals surface area (Å²) in [6.45, 7) is 4.02. The Morgan fingerprint density at radius 1 is 0.953 bits per heavy atom. The molecule has 12 heteroatoms. The van der Waals surface area contributed by atoms with Gasteiger partial charge in [0.1, 0.15) is 17.6 Å². The third kappa shape index (κ3) is 7.09. The van der Waals surface area contributed by atoms with Gasteiger partial charge in [-0.25, -0.2) is 4.98 Å². The second kappa shape index (κ2) is 12.7. The molecule has 0 aliphatic carbocycles. The van der Waals surface area contributed by atoms with Gasteiger partial charge >= 0.3 is 6.18 Å². The Morgan fingerprint density at radius 3 is 2.47 bits per heavy atom. The van der Waals surface area contributed by atoms with Gasteiger partial charge < -0.3 is 4.74 Å². The van der Waals surface area contributed by atoms with Crippen molar-refractivity contribution in [3.63, 3.8) is 0 Å². The van der Waals surface area contributed by atoms with Crippen molar-refractivity contribution in [1.82, 2.24) is 9.97 Å². The fraction of sp³-hybridized carbons (Fsp3) is 0.129. The molecule has 2 N–H and O–H groups in total. The van der Waals surface area contributed by atoms with Crippen molar-refractivity contribution in [1.29, 1.82) is 5.26 Å². The van der Waals surface area contributed by atoms with E-state index in [2.05, 4.69) is 20.8 Å². The minimum atomic E-state index is -4.47. The number of pyridine rings is 1. The molecule has 5 aromatic rings. The Hall–Kier alpha value is -4.57. The van der Waals surface area contributed by atoms with Gasteiger partial charge in [0.25, 0.3) is 0 Å². The van der Waals surface area contributed by atoms with E-state index in [0.29, 0.717) is 33.3 Å². The summed E-state index contributed by atoms with van der Waals surface area (Å²) in [4.78, 5) is 8.52. The summed E-state index contributed by atoms with van der Waals surface area (Å²) in [6, 6.07) is 20.7. The topological polar surface area (TPSA) is 94.3 Å².